The van der Waals surface area contributed by atoms with Crippen LogP contribution in [0.15, 0.2) is 24.3 Å². The average molecular weight is 262 g/mol. The minimum absolute atomic E-state index is 0.119. The summed E-state index contributed by atoms with van der Waals surface area (Å²) in [4.78, 5) is 14.3. The topological polar surface area (TPSA) is 66.6 Å². The summed E-state index contributed by atoms with van der Waals surface area (Å²) in [5, 5.41) is 9.59. The zero-order valence-corrected chi connectivity index (χ0v) is 11.5. The molecule has 1 aliphatic rings. The van der Waals surface area contributed by atoms with Gasteiger partial charge in [0, 0.05) is 24.7 Å². The molecule has 1 aromatic carbocycles. The fraction of sp³-hybridized carbons (Fsp3) is 0.533. The van der Waals surface area contributed by atoms with E-state index in [-0.39, 0.29) is 23.8 Å². The van der Waals surface area contributed by atoms with Gasteiger partial charge < -0.3 is 15.7 Å². The first kappa shape index (κ1) is 13.9. The van der Waals surface area contributed by atoms with Gasteiger partial charge in [0.2, 0.25) is 5.91 Å². The number of amides is 1. The highest BCUT2D eigenvalue weighted by molar-refractivity contribution is 5.83. The molecule has 0 spiro atoms. The Morgan fingerprint density at radius 2 is 2.21 bits per heavy atom. The molecule has 3 N–H and O–H groups in total. The van der Waals surface area contributed by atoms with Gasteiger partial charge in [-0.15, -0.1) is 0 Å². The average Bonchev–Trinajstić information content (AvgIpc) is 2.86. The van der Waals surface area contributed by atoms with Gasteiger partial charge in [0.25, 0.3) is 0 Å². The molecule has 0 saturated carbocycles. The molecule has 1 aliphatic heterocycles. The third-order valence-electron chi connectivity index (χ3n) is 4.00. The van der Waals surface area contributed by atoms with Gasteiger partial charge in [-0.2, -0.15) is 0 Å². The molecule has 1 saturated heterocycles. The Kier molecular flexibility index (Phi) is 4.10. The van der Waals surface area contributed by atoms with Crippen LogP contribution in [-0.4, -0.2) is 35.1 Å². The fourth-order valence-corrected chi connectivity index (χ4v) is 2.63. The number of nitrogens with two attached hydrogens (primary N) is 1. The largest absolute Gasteiger partial charge is 0.399 e. The van der Waals surface area contributed by atoms with E-state index in [9.17, 15) is 9.90 Å². The summed E-state index contributed by atoms with van der Waals surface area (Å²) in [5.74, 6) is 0.141. The molecule has 3 unspecified atom stereocenters. The van der Waals surface area contributed by atoms with Gasteiger partial charge in [-0.1, -0.05) is 12.1 Å². The molecule has 2 rings (SSSR count). The number of rotatable bonds is 3. The van der Waals surface area contributed by atoms with Crippen LogP contribution in [0.4, 0.5) is 5.69 Å². The standard InChI is InChI=1S/C15H22N2O2/c1-10(12-4-3-5-14(16)8-12)15(19)17-7-6-13(9-17)11(2)18/h3-5,8,10-11,13,18H,6-7,9,16H2,1-2H3. The van der Waals surface area contributed by atoms with E-state index in [1.165, 1.54) is 0 Å². The third kappa shape index (κ3) is 3.07. The van der Waals surface area contributed by atoms with Crippen molar-refractivity contribution in [2.45, 2.75) is 32.3 Å². The molecule has 1 amide bonds. The summed E-state index contributed by atoms with van der Waals surface area (Å²) in [6.45, 7) is 5.09. The number of hydrogen-bond donors (Lipinski definition) is 2. The molecule has 1 fully saturated rings. The zero-order valence-electron chi connectivity index (χ0n) is 11.5. The number of nitrogen functional groups attached to an aromatic ring is 1. The predicted octanol–water partition coefficient (Wildman–Crippen LogP) is 1.60. The lowest BCUT2D eigenvalue weighted by atomic mass is 9.99. The molecule has 4 nitrogen and oxygen atoms in total. The van der Waals surface area contributed by atoms with Crippen molar-refractivity contribution in [2.24, 2.45) is 5.92 Å². The maximum absolute atomic E-state index is 12.4. The number of anilines is 1. The highest BCUT2D eigenvalue weighted by Crippen LogP contribution is 2.25. The van der Waals surface area contributed by atoms with Gasteiger partial charge in [-0.3, -0.25) is 4.79 Å². The lowest BCUT2D eigenvalue weighted by molar-refractivity contribution is -0.131. The molecule has 3 atom stereocenters. The molecular weight excluding hydrogens is 240 g/mol. The summed E-state index contributed by atoms with van der Waals surface area (Å²) >= 11 is 0. The smallest absolute Gasteiger partial charge is 0.229 e. The minimum atomic E-state index is -0.347. The maximum Gasteiger partial charge on any atom is 0.229 e. The first-order valence-electron chi connectivity index (χ1n) is 6.81. The van der Waals surface area contributed by atoms with Crippen molar-refractivity contribution in [1.82, 2.24) is 4.90 Å². The van der Waals surface area contributed by atoms with Crippen molar-refractivity contribution in [2.75, 3.05) is 18.8 Å². The van der Waals surface area contributed by atoms with Crippen molar-refractivity contribution >= 4 is 11.6 Å². The quantitative estimate of drug-likeness (QED) is 0.813. The third-order valence-corrected chi connectivity index (χ3v) is 4.00. The Labute approximate surface area is 114 Å². The van der Waals surface area contributed by atoms with Crippen molar-refractivity contribution < 1.29 is 9.90 Å². The molecule has 0 bridgehead atoms. The molecule has 4 heteroatoms. The molecule has 0 radical (unpaired) electrons. The lowest BCUT2D eigenvalue weighted by Crippen LogP contribution is -2.33. The number of carbonyl (C=O) groups is 1. The van der Waals surface area contributed by atoms with Crippen molar-refractivity contribution in [1.29, 1.82) is 0 Å². The van der Waals surface area contributed by atoms with Gasteiger partial charge in [0.15, 0.2) is 0 Å². The highest BCUT2D eigenvalue weighted by Gasteiger charge is 2.31. The Hall–Kier alpha value is -1.55. The normalized spacial score (nSPS) is 22.3. The second-order valence-electron chi connectivity index (χ2n) is 5.47. The number of aliphatic hydroxyl groups is 1. The van der Waals surface area contributed by atoms with Crippen molar-refractivity contribution in [3.05, 3.63) is 29.8 Å². The number of carbonyl (C=O) groups excluding carboxylic acids is 1. The zero-order chi connectivity index (χ0) is 14.0. The van der Waals surface area contributed by atoms with E-state index in [1.54, 1.807) is 6.92 Å². The monoisotopic (exact) mass is 262 g/mol. The summed E-state index contributed by atoms with van der Waals surface area (Å²) < 4.78 is 0. The van der Waals surface area contributed by atoms with Crippen LogP contribution in [0.3, 0.4) is 0 Å². The molecule has 104 valence electrons. The minimum Gasteiger partial charge on any atom is -0.399 e. The summed E-state index contributed by atoms with van der Waals surface area (Å²) in [6.07, 6.45) is 0.535. The second-order valence-corrected chi connectivity index (χ2v) is 5.47. The van der Waals surface area contributed by atoms with E-state index in [1.807, 2.05) is 36.1 Å². The van der Waals surface area contributed by atoms with Crippen LogP contribution in [-0.2, 0) is 4.79 Å². The Morgan fingerprint density at radius 1 is 1.47 bits per heavy atom. The molecule has 0 aliphatic carbocycles. The fourth-order valence-electron chi connectivity index (χ4n) is 2.63. The van der Waals surface area contributed by atoms with Crippen LogP contribution in [0.25, 0.3) is 0 Å². The van der Waals surface area contributed by atoms with E-state index < -0.39 is 0 Å². The Balaban J connectivity index is 2.04. The van der Waals surface area contributed by atoms with Crippen molar-refractivity contribution in [3.63, 3.8) is 0 Å². The van der Waals surface area contributed by atoms with E-state index in [4.69, 9.17) is 5.73 Å². The highest BCUT2D eigenvalue weighted by atomic mass is 16.3. The van der Waals surface area contributed by atoms with Gasteiger partial charge in [-0.05, 0) is 38.0 Å². The maximum atomic E-state index is 12.4. The van der Waals surface area contributed by atoms with Crippen LogP contribution >= 0.6 is 0 Å². The van der Waals surface area contributed by atoms with Crippen LogP contribution in [0.1, 0.15) is 31.7 Å². The van der Waals surface area contributed by atoms with Gasteiger partial charge in [-0.25, -0.2) is 0 Å². The summed E-state index contributed by atoms with van der Waals surface area (Å²) in [6, 6.07) is 7.48. The predicted molar refractivity (Wildman–Crippen MR) is 75.6 cm³/mol. The van der Waals surface area contributed by atoms with E-state index >= 15 is 0 Å². The van der Waals surface area contributed by atoms with Crippen molar-refractivity contribution in [3.8, 4) is 0 Å². The van der Waals surface area contributed by atoms with Crippen LogP contribution in [0.2, 0.25) is 0 Å². The number of aliphatic hydroxyl groups excluding tert-OH is 1. The molecule has 1 heterocycles. The van der Waals surface area contributed by atoms with E-state index in [0.29, 0.717) is 12.2 Å². The lowest BCUT2D eigenvalue weighted by Gasteiger charge is -2.22. The second kappa shape index (κ2) is 5.61. The van der Waals surface area contributed by atoms with E-state index in [2.05, 4.69) is 0 Å². The van der Waals surface area contributed by atoms with Crippen LogP contribution in [0, 0.1) is 5.92 Å². The number of benzene rings is 1. The Morgan fingerprint density at radius 3 is 2.79 bits per heavy atom. The number of hydrogen-bond acceptors (Lipinski definition) is 3. The number of likely N-dealkylation sites (tertiary alicyclic amines) is 1. The Bertz CT molecular complexity index is 459. The van der Waals surface area contributed by atoms with Crippen LogP contribution < -0.4 is 5.73 Å². The number of nitrogens with zero attached hydrogens (tertiary/aromatic N) is 1. The molecular formula is C15H22N2O2. The first-order chi connectivity index (χ1) is 8.99. The van der Waals surface area contributed by atoms with Crippen LogP contribution in [0.5, 0.6) is 0 Å². The van der Waals surface area contributed by atoms with Gasteiger partial charge in [0.1, 0.15) is 0 Å². The van der Waals surface area contributed by atoms with Gasteiger partial charge in [0.05, 0.1) is 12.0 Å². The SMILES string of the molecule is CC(C(=O)N1CCC(C(C)O)C1)c1cccc(N)c1. The summed E-state index contributed by atoms with van der Waals surface area (Å²) in [7, 11) is 0. The molecule has 19 heavy (non-hydrogen) atoms. The molecule has 1 aromatic rings. The van der Waals surface area contributed by atoms with Gasteiger partial charge >= 0.3 is 0 Å². The summed E-state index contributed by atoms with van der Waals surface area (Å²) in [5.41, 5.74) is 7.38. The molecule has 0 aromatic heterocycles. The first-order valence-corrected chi connectivity index (χ1v) is 6.81. The van der Waals surface area contributed by atoms with E-state index in [0.717, 1.165) is 18.5 Å².